The van der Waals surface area contributed by atoms with Gasteiger partial charge in [-0.05, 0) is 24.3 Å². The lowest BCUT2D eigenvalue weighted by molar-refractivity contribution is 0.423. The minimum Gasteiger partial charge on any atom is -0.493 e. The van der Waals surface area contributed by atoms with Gasteiger partial charge in [-0.15, -0.1) is 6.42 Å². The van der Waals surface area contributed by atoms with Crippen LogP contribution in [0.2, 0.25) is 0 Å². The summed E-state index contributed by atoms with van der Waals surface area (Å²) < 4.78 is 2.12. The summed E-state index contributed by atoms with van der Waals surface area (Å²) in [5.41, 5.74) is 2.66. The van der Waals surface area contributed by atoms with Crippen molar-refractivity contribution in [2.45, 2.75) is 6.54 Å². The Morgan fingerprint density at radius 3 is 3.10 bits per heavy atom. The molecule has 3 rings (SSSR count). The molecule has 104 valence electrons. The first-order valence-electron chi connectivity index (χ1n) is 6.02. The predicted octanol–water partition coefficient (Wildman–Crippen LogP) is 3.27. The highest BCUT2D eigenvalue weighted by Gasteiger charge is 2.16. The number of aliphatic imine (C=N–C) groups is 1. The first-order chi connectivity index (χ1) is 10.1. The second-order valence-electron chi connectivity index (χ2n) is 4.37. The van der Waals surface area contributed by atoms with Crippen LogP contribution in [-0.2, 0) is 6.54 Å². The van der Waals surface area contributed by atoms with E-state index < -0.39 is 0 Å². The number of terminal acetylenes is 1. The minimum absolute atomic E-state index is 0.0561. The van der Waals surface area contributed by atoms with Gasteiger partial charge in [0.05, 0.1) is 17.1 Å². The summed E-state index contributed by atoms with van der Waals surface area (Å²) in [6.45, 7) is 0.0561. The molecule has 1 aromatic heterocycles. The lowest BCUT2D eigenvalue weighted by atomic mass is 10.1. The molecule has 0 unspecified atom stereocenters. The molecule has 0 atom stereocenters. The van der Waals surface area contributed by atoms with E-state index >= 15 is 0 Å². The van der Waals surface area contributed by atoms with Crippen LogP contribution in [0.1, 0.15) is 10.4 Å². The smallest absolute Gasteiger partial charge is 0.311 e. The molecule has 1 aromatic carbocycles. The van der Waals surface area contributed by atoms with Gasteiger partial charge in [0.25, 0.3) is 0 Å². The maximum atomic E-state index is 11.8. The van der Waals surface area contributed by atoms with E-state index in [2.05, 4.69) is 26.8 Å². The summed E-state index contributed by atoms with van der Waals surface area (Å²) in [5.74, 6) is 2.25. The van der Waals surface area contributed by atoms with Crippen LogP contribution in [0.4, 0.5) is 5.69 Å². The van der Waals surface area contributed by atoms with Crippen LogP contribution in [0, 0.1) is 12.3 Å². The monoisotopic (exact) mass is 360 g/mol. The zero-order chi connectivity index (χ0) is 15.0. The lowest BCUT2D eigenvalue weighted by Crippen LogP contribution is -2.10. The van der Waals surface area contributed by atoms with Gasteiger partial charge in [0.1, 0.15) is 0 Å². The SMILES string of the molecule is C#CCn1c(O)c(/C=C2/C=Nc3ccc(Br)cc32)sc1=O. The number of nitrogens with zero attached hydrogens (tertiary/aromatic N) is 2. The van der Waals surface area contributed by atoms with E-state index in [-0.39, 0.29) is 17.3 Å². The Hall–Kier alpha value is -2.10. The molecule has 0 saturated carbocycles. The van der Waals surface area contributed by atoms with E-state index in [0.717, 1.165) is 32.6 Å². The molecule has 0 saturated heterocycles. The highest BCUT2D eigenvalue weighted by Crippen LogP contribution is 2.36. The highest BCUT2D eigenvalue weighted by molar-refractivity contribution is 9.10. The van der Waals surface area contributed by atoms with Crippen molar-refractivity contribution in [2.75, 3.05) is 0 Å². The number of allylic oxidation sites excluding steroid dienone is 1. The fourth-order valence-electron chi connectivity index (χ4n) is 2.06. The number of aromatic nitrogens is 1. The minimum atomic E-state index is -0.276. The summed E-state index contributed by atoms with van der Waals surface area (Å²) in [5, 5.41) is 10.1. The fraction of sp³-hybridized carbons (Fsp3) is 0.0667. The van der Waals surface area contributed by atoms with E-state index in [4.69, 9.17) is 6.42 Å². The number of fused-ring (bicyclic) bond motifs is 1. The standard InChI is InChI=1S/C15H9BrN2O2S/c1-2-5-18-14(19)13(21-15(18)20)6-9-8-17-12-4-3-10(16)7-11(9)12/h1,3-4,6-8,19H,5H2/b9-6-. The van der Waals surface area contributed by atoms with Crippen LogP contribution in [0.15, 0.2) is 32.5 Å². The van der Waals surface area contributed by atoms with Crippen LogP contribution in [0.25, 0.3) is 11.6 Å². The van der Waals surface area contributed by atoms with Crippen LogP contribution < -0.4 is 4.87 Å². The number of thiazole rings is 1. The van der Waals surface area contributed by atoms with Crippen molar-refractivity contribution >= 4 is 50.8 Å². The predicted molar refractivity (Wildman–Crippen MR) is 89.2 cm³/mol. The second-order valence-corrected chi connectivity index (χ2v) is 6.27. The summed E-state index contributed by atoms with van der Waals surface area (Å²) in [6.07, 6.45) is 8.65. The maximum absolute atomic E-state index is 11.8. The summed E-state index contributed by atoms with van der Waals surface area (Å²) in [4.78, 5) is 16.3. The normalized spacial score (nSPS) is 14.4. The molecule has 0 spiro atoms. The molecule has 4 nitrogen and oxygen atoms in total. The second kappa shape index (κ2) is 5.35. The summed E-state index contributed by atoms with van der Waals surface area (Å²) >= 11 is 4.38. The Labute approximate surface area is 133 Å². The van der Waals surface area contributed by atoms with Crippen molar-refractivity contribution < 1.29 is 5.11 Å². The van der Waals surface area contributed by atoms with Crippen molar-refractivity contribution in [3.05, 3.63) is 42.8 Å². The third-order valence-electron chi connectivity index (χ3n) is 3.04. The summed E-state index contributed by atoms with van der Waals surface area (Å²) in [7, 11) is 0. The molecule has 6 heteroatoms. The quantitative estimate of drug-likeness (QED) is 0.835. The zero-order valence-electron chi connectivity index (χ0n) is 10.7. The van der Waals surface area contributed by atoms with E-state index in [1.165, 1.54) is 4.57 Å². The van der Waals surface area contributed by atoms with Crippen molar-refractivity contribution in [1.82, 2.24) is 4.57 Å². The van der Waals surface area contributed by atoms with Gasteiger partial charge < -0.3 is 5.11 Å². The molecule has 0 amide bonds. The highest BCUT2D eigenvalue weighted by atomic mass is 79.9. The molecular weight excluding hydrogens is 352 g/mol. The van der Waals surface area contributed by atoms with Gasteiger partial charge in [0.15, 0.2) is 0 Å². The van der Waals surface area contributed by atoms with Gasteiger partial charge in [-0.1, -0.05) is 33.2 Å². The van der Waals surface area contributed by atoms with Crippen molar-refractivity contribution in [3.63, 3.8) is 0 Å². The van der Waals surface area contributed by atoms with Crippen LogP contribution in [-0.4, -0.2) is 15.9 Å². The lowest BCUT2D eigenvalue weighted by Gasteiger charge is -2.01. The number of halogens is 1. The van der Waals surface area contributed by atoms with Gasteiger partial charge in [0.2, 0.25) is 5.88 Å². The van der Waals surface area contributed by atoms with Gasteiger partial charge in [0, 0.05) is 21.8 Å². The number of hydrogen-bond donors (Lipinski definition) is 1. The van der Waals surface area contributed by atoms with Crippen LogP contribution >= 0.6 is 27.3 Å². The van der Waals surface area contributed by atoms with Crippen LogP contribution in [0.5, 0.6) is 5.88 Å². The average Bonchev–Trinajstić information content (AvgIpc) is 2.96. The molecule has 1 aliphatic rings. The molecule has 0 fully saturated rings. The number of aromatic hydroxyl groups is 1. The van der Waals surface area contributed by atoms with Crippen molar-refractivity contribution in [3.8, 4) is 18.2 Å². The van der Waals surface area contributed by atoms with E-state index in [1.807, 2.05) is 18.2 Å². The molecule has 1 aliphatic heterocycles. The average molecular weight is 361 g/mol. The number of rotatable bonds is 2. The zero-order valence-corrected chi connectivity index (χ0v) is 13.1. The molecular formula is C15H9BrN2O2S. The van der Waals surface area contributed by atoms with Gasteiger partial charge in [-0.2, -0.15) is 0 Å². The molecule has 0 aliphatic carbocycles. The molecule has 1 N–H and O–H groups in total. The van der Waals surface area contributed by atoms with E-state index in [1.54, 1.807) is 12.3 Å². The molecule has 0 radical (unpaired) electrons. The molecule has 0 bridgehead atoms. The Kier molecular flexibility index (Phi) is 3.53. The van der Waals surface area contributed by atoms with Gasteiger partial charge in [-0.3, -0.25) is 14.4 Å². The largest absolute Gasteiger partial charge is 0.493 e. The molecule has 2 heterocycles. The summed E-state index contributed by atoms with van der Waals surface area (Å²) in [6, 6.07) is 5.77. The number of hydrogen-bond acceptors (Lipinski definition) is 4. The Morgan fingerprint density at radius 2 is 2.33 bits per heavy atom. The van der Waals surface area contributed by atoms with E-state index in [9.17, 15) is 9.90 Å². The Balaban J connectivity index is 2.08. The molecule has 2 aromatic rings. The van der Waals surface area contributed by atoms with E-state index in [0.29, 0.717) is 4.88 Å². The fourth-order valence-corrected chi connectivity index (χ4v) is 3.25. The van der Waals surface area contributed by atoms with Crippen LogP contribution in [0.3, 0.4) is 0 Å². The topological polar surface area (TPSA) is 54.6 Å². The molecule has 21 heavy (non-hydrogen) atoms. The van der Waals surface area contributed by atoms with Gasteiger partial charge >= 0.3 is 4.87 Å². The first-order valence-corrected chi connectivity index (χ1v) is 7.63. The Morgan fingerprint density at radius 1 is 1.52 bits per heavy atom. The number of benzene rings is 1. The first kappa shape index (κ1) is 13.9. The van der Waals surface area contributed by atoms with Crippen molar-refractivity contribution in [1.29, 1.82) is 0 Å². The maximum Gasteiger partial charge on any atom is 0.311 e. The third kappa shape index (κ3) is 2.46. The third-order valence-corrected chi connectivity index (χ3v) is 4.45. The van der Waals surface area contributed by atoms with Gasteiger partial charge in [-0.25, -0.2) is 0 Å². The van der Waals surface area contributed by atoms with Crippen molar-refractivity contribution in [2.24, 2.45) is 4.99 Å². The Bertz CT molecular complexity index is 884.